The van der Waals surface area contributed by atoms with E-state index in [-0.39, 0.29) is 12.0 Å². The van der Waals surface area contributed by atoms with E-state index in [1.165, 1.54) is 5.56 Å². The van der Waals surface area contributed by atoms with Crippen LogP contribution in [-0.2, 0) is 12.8 Å². The zero-order chi connectivity index (χ0) is 12.5. The summed E-state index contributed by atoms with van der Waals surface area (Å²) in [6.07, 6.45) is 4.11. The first kappa shape index (κ1) is 11.8. The van der Waals surface area contributed by atoms with E-state index in [0.717, 1.165) is 29.2 Å². The van der Waals surface area contributed by atoms with Gasteiger partial charge in [-0.05, 0) is 31.4 Å². The van der Waals surface area contributed by atoms with Gasteiger partial charge in [0.2, 0.25) is 0 Å². The topological polar surface area (TPSA) is 46.0 Å². The van der Waals surface area contributed by atoms with Crippen LogP contribution in [-0.4, -0.2) is 21.2 Å². The molecular formula is C14H16N2OS. The highest BCUT2D eigenvalue weighted by Gasteiger charge is 2.30. The molecule has 0 spiro atoms. The van der Waals surface area contributed by atoms with Crippen LogP contribution < -0.4 is 0 Å². The van der Waals surface area contributed by atoms with Gasteiger partial charge in [0.1, 0.15) is 0 Å². The summed E-state index contributed by atoms with van der Waals surface area (Å²) in [6, 6.07) is 4.08. The fraction of sp³-hybridized carbons (Fsp3) is 0.429. The lowest BCUT2D eigenvalue weighted by atomic mass is 9.97. The molecule has 2 aromatic heterocycles. The van der Waals surface area contributed by atoms with Gasteiger partial charge >= 0.3 is 0 Å². The fourth-order valence-electron chi connectivity index (χ4n) is 2.64. The molecule has 0 fully saturated rings. The van der Waals surface area contributed by atoms with Crippen molar-refractivity contribution in [3.05, 3.63) is 45.7 Å². The highest BCUT2D eigenvalue weighted by Crippen LogP contribution is 2.34. The lowest BCUT2D eigenvalue weighted by Gasteiger charge is -2.17. The summed E-state index contributed by atoms with van der Waals surface area (Å²) in [4.78, 5) is 8.85. The SMILES string of the molecule is Cc1csc(CC(O)C2CCc3cccnc32)n1. The van der Waals surface area contributed by atoms with Crippen LogP contribution in [0, 0.1) is 6.92 Å². The number of fused-ring (bicyclic) bond motifs is 1. The Kier molecular flexibility index (Phi) is 3.14. The molecule has 1 aliphatic carbocycles. The minimum Gasteiger partial charge on any atom is -0.392 e. The molecule has 0 radical (unpaired) electrons. The number of hydrogen-bond acceptors (Lipinski definition) is 4. The number of thiazole rings is 1. The first-order valence-electron chi connectivity index (χ1n) is 6.27. The van der Waals surface area contributed by atoms with Crippen molar-refractivity contribution in [2.45, 2.75) is 38.2 Å². The highest BCUT2D eigenvalue weighted by molar-refractivity contribution is 7.09. The summed E-state index contributed by atoms with van der Waals surface area (Å²) < 4.78 is 0. The molecule has 18 heavy (non-hydrogen) atoms. The molecule has 0 saturated carbocycles. The van der Waals surface area contributed by atoms with E-state index in [1.54, 1.807) is 11.3 Å². The summed E-state index contributed by atoms with van der Waals surface area (Å²) in [5.41, 5.74) is 3.40. The summed E-state index contributed by atoms with van der Waals surface area (Å²) in [5.74, 6) is 0.172. The minimum atomic E-state index is -0.369. The van der Waals surface area contributed by atoms with Crippen LogP contribution >= 0.6 is 11.3 Å². The lowest BCUT2D eigenvalue weighted by Crippen LogP contribution is -2.20. The van der Waals surface area contributed by atoms with E-state index in [1.807, 2.05) is 24.6 Å². The maximum Gasteiger partial charge on any atom is 0.0954 e. The van der Waals surface area contributed by atoms with E-state index in [0.29, 0.717) is 6.42 Å². The predicted octanol–water partition coefficient (Wildman–Crippen LogP) is 2.48. The zero-order valence-electron chi connectivity index (χ0n) is 10.3. The number of nitrogens with zero attached hydrogens (tertiary/aromatic N) is 2. The van der Waals surface area contributed by atoms with Gasteiger partial charge in [0.05, 0.1) is 11.1 Å². The van der Waals surface area contributed by atoms with Gasteiger partial charge in [-0.2, -0.15) is 0 Å². The number of aliphatic hydroxyl groups is 1. The Balaban J connectivity index is 1.76. The Morgan fingerprint density at radius 2 is 2.44 bits per heavy atom. The second-order valence-corrected chi connectivity index (χ2v) is 5.79. The van der Waals surface area contributed by atoms with Gasteiger partial charge in [-0.1, -0.05) is 6.07 Å². The molecule has 1 N–H and O–H groups in total. The standard InChI is InChI=1S/C14H16N2OS/c1-9-8-18-13(16-9)7-12(17)11-5-4-10-3-2-6-15-14(10)11/h2-3,6,8,11-12,17H,4-5,7H2,1H3. The molecule has 2 heterocycles. The smallest absolute Gasteiger partial charge is 0.0954 e. The summed E-state index contributed by atoms with van der Waals surface area (Å²) in [6.45, 7) is 1.98. The van der Waals surface area contributed by atoms with E-state index in [4.69, 9.17) is 0 Å². The third-order valence-electron chi connectivity index (χ3n) is 3.52. The van der Waals surface area contributed by atoms with E-state index in [2.05, 4.69) is 16.0 Å². The van der Waals surface area contributed by atoms with Gasteiger partial charge in [0.25, 0.3) is 0 Å². The number of aromatic nitrogens is 2. The summed E-state index contributed by atoms with van der Waals surface area (Å²) >= 11 is 1.63. The normalized spacial score (nSPS) is 19.8. The minimum absolute atomic E-state index is 0.172. The number of pyridine rings is 1. The molecule has 0 aromatic carbocycles. The lowest BCUT2D eigenvalue weighted by molar-refractivity contribution is 0.141. The van der Waals surface area contributed by atoms with Crippen LogP contribution in [0.5, 0.6) is 0 Å². The molecule has 0 bridgehead atoms. The van der Waals surface area contributed by atoms with Gasteiger partial charge in [0.15, 0.2) is 0 Å². The second kappa shape index (κ2) is 4.78. The average Bonchev–Trinajstić information content (AvgIpc) is 2.95. The largest absolute Gasteiger partial charge is 0.392 e. The van der Waals surface area contributed by atoms with Crippen LogP contribution in [0.1, 0.15) is 34.3 Å². The second-order valence-electron chi connectivity index (χ2n) is 4.85. The number of aliphatic hydroxyl groups excluding tert-OH is 1. The highest BCUT2D eigenvalue weighted by atomic mass is 32.1. The number of rotatable bonds is 3. The van der Waals surface area contributed by atoms with Crippen LogP contribution in [0.3, 0.4) is 0 Å². The van der Waals surface area contributed by atoms with Crippen molar-refractivity contribution in [1.29, 1.82) is 0 Å². The van der Waals surface area contributed by atoms with Crippen molar-refractivity contribution in [3.63, 3.8) is 0 Å². The van der Waals surface area contributed by atoms with Crippen molar-refractivity contribution in [3.8, 4) is 0 Å². The van der Waals surface area contributed by atoms with Crippen LogP contribution in [0.2, 0.25) is 0 Å². The maximum absolute atomic E-state index is 10.4. The van der Waals surface area contributed by atoms with Crippen molar-refractivity contribution >= 4 is 11.3 Å². The molecule has 3 rings (SSSR count). The van der Waals surface area contributed by atoms with Gasteiger partial charge in [-0.15, -0.1) is 11.3 Å². The van der Waals surface area contributed by atoms with Crippen LogP contribution in [0.4, 0.5) is 0 Å². The van der Waals surface area contributed by atoms with Crippen LogP contribution in [0.15, 0.2) is 23.7 Å². The predicted molar refractivity (Wildman–Crippen MR) is 71.9 cm³/mol. The maximum atomic E-state index is 10.4. The molecule has 94 valence electrons. The van der Waals surface area contributed by atoms with Gasteiger partial charge < -0.3 is 5.11 Å². The Hall–Kier alpha value is -1.26. The first-order chi connectivity index (χ1) is 8.74. The van der Waals surface area contributed by atoms with E-state index >= 15 is 0 Å². The summed E-state index contributed by atoms with van der Waals surface area (Å²) in [7, 11) is 0. The van der Waals surface area contributed by atoms with Gasteiger partial charge in [-0.25, -0.2) is 4.98 Å². The van der Waals surface area contributed by atoms with E-state index < -0.39 is 0 Å². The third-order valence-corrected chi connectivity index (χ3v) is 4.51. The number of hydrogen-bond donors (Lipinski definition) is 1. The molecule has 0 amide bonds. The molecule has 2 atom stereocenters. The molecule has 4 heteroatoms. The molecule has 0 saturated heterocycles. The van der Waals surface area contributed by atoms with Gasteiger partial charge in [-0.3, -0.25) is 4.98 Å². The Labute approximate surface area is 111 Å². The van der Waals surface area contributed by atoms with Gasteiger partial charge in [0, 0.05) is 35.3 Å². The quantitative estimate of drug-likeness (QED) is 0.922. The molecule has 2 unspecified atom stereocenters. The van der Waals surface area contributed by atoms with E-state index in [9.17, 15) is 5.11 Å². The number of aryl methyl sites for hydroxylation is 2. The molecule has 1 aliphatic rings. The Bertz CT molecular complexity index is 552. The Morgan fingerprint density at radius 3 is 3.22 bits per heavy atom. The first-order valence-corrected chi connectivity index (χ1v) is 7.15. The molecular weight excluding hydrogens is 244 g/mol. The third kappa shape index (κ3) is 2.18. The van der Waals surface area contributed by atoms with Crippen molar-refractivity contribution in [1.82, 2.24) is 9.97 Å². The van der Waals surface area contributed by atoms with Crippen molar-refractivity contribution in [2.24, 2.45) is 0 Å². The summed E-state index contributed by atoms with van der Waals surface area (Å²) in [5, 5.41) is 13.4. The molecule has 2 aromatic rings. The fourth-order valence-corrected chi connectivity index (χ4v) is 3.46. The average molecular weight is 260 g/mol. The van der Waals surface area contributed by atoms with Crippen LogP contribution in [0.25, 0.3) is 0 Å². The zero-order valence-corrected chi connectivity index (χ0v) is 11.2. The monoisotopic (exact) mass is 260 g/mol. The molecule has 0 aliphatic heterocycles. The van der Waals surface area contributed by atoms with Crippen molar-refractivity contribution in [2.75, 3.05) is 0 Å². The molecule has 3 nitrogen and oxygen atoms in total. The Morgan fingerprint density at radius 1 is 1.56 bits per heavy atom. The van der Waals surface area contributed by atoms with Crippen molar-refractivity contribution < 1.29 is 5.11 Å².